The highest BCUT2D eigenvalue weighted by Gasteiger charge is 2.19. The summed E-state index contributed by atoms with van der Waals surface area (Å²) < 4.78 is 0. The average molecular weight is 224 g/mol. The van der Waals surface area contributed by atoms with Crippen molar-refractivity contribution in [3.8, 4) is 0 Å². The Labute approximate surface area is 94.3 Å². The Morgan fingerprint density at radius 3 is 2.87 bits per heavy atom. The van der Waals surface area contributed by atoms with Crippen LogP contribution in [0.3, 0.4) is 0 Å². The Balaban J connectivity index is 1.88. The third-order valence-corrected chi connectivity index (χ3v) is 3.87. The summed E-state index contributed by atoms with van der Waals surface area (Å²) in [5, 5.41) is 9.96. The van der Waals surface area contributed by atoms with E-state index in [-0.39, 0.29) is 0 Å². The van der Waals surface area contributed by atoms with Crippen LogP contribution in [-0.2, 0) is 0 Å². The van der Waals surface area contributed by atoms with Crippen LogP contribution in [0.1, 0.15) is 31.1 Å². The number of nitrogens with zero attached hydrogens (tertiary/aromatic N) is 2. The normalized spacial score (nSPS) is 20.1. The second-order valence-corrected chi connectivity index (χ2v) is 5.16. The molecule has 0 radical (unpaired) electrons. The van der Waals surface area contributed by atoms with Gasteiger partial charge in [-0.1, -0.05) is 0 Å². The Hall–Kier alpha value is -0.610. The monoisotopic (exact) mass is 224 g/mol. The first-order chi connectivity index (χ1) is 7.36. The van der Waals surface area contributed by atoms with E-state index in [9.17, 15) is 5.11 Å². The van der Waals surface area contributed by atoms with E-state index >= 15 is 0 Å². The van der Waals surface area contributed by atoms with Gasteiger partial charge in [-0.15, -0.1) is 0 Å². The topological polar surface area (TPSA) is 46.0 Å². The van der Waals surface area contributed by atoms with Crippen molar-refractivity contribution in [2.75, 3.05) is 11.5 Å². The number of hydrogen-bond donors (Lipinski definition) is 1. The van der Waals surface area contributed by atoms with Crippen LogP contribution in [0.25, 0.3) is 0 Å². The first-order valence-corrected chi connectivity index (χ1v) is 6.53. The number of hydrogen-bond acceptors (Lipinski definition) is 4. The summed E-state index contributed by atoms with van der Waals surface area (Å²) in [6.07, 6.45) is 7.76. The molecule has 0 aromatic carbocycles. The molecule has 1 N–H and O–H groups in total. The Morgan fingerprint density at radius 1 is 1.40 bits per heavy atom. The molecule has 1 aromatic heterocycles. The molecule has 2 heterocycles. The fourth-order valence-electron chi connectivity index (χ4n) is 1.90. The second-order valence-electron chi connectivity index (χ2n) is 3.94. The molecule has 1 fully saturated rings. The lowest BCUT2D eigenvalue weighted by molar-refractivity contribution is 0.136. The summed E-state index contributed by atoms with van der Waals surface area (Å²) in [6.45, 7) is 0. The quantitative estimate of drug-likeness (QED) is 0.853. The third-order valence-electron chi connectivity index (χ3n) is 2.82. The highest BCUT2D eigenvalue weighted by molar-refractivity contribution is 7.99. The van der Waals surface area contributed by atoms with Gasteiger partial charge in [-0.05, 0) is 36.7 Å². The van der Waals surface area contributed by atoms with Crippen LogP contribution in [0.2, 0.25) is 0 Å². The molecular formula is C11H16N2OS. The van der Waals surface area contributed by atoms with Gasteiger partial charge in [0, 0.05) is 12.4 Å². The second kappa shape index (κ2) is 5.47. The van der Waals surface area contributed by atoms with E-state index in [0.29, 0.717) is 11.6 Å². The summed E-state index contributed by atoms with van der Waals surface area (Å²) >= 11 is 2.01. The van der Waals surface area contributed by atoms with Gasteiger partial charge in [0.05, 0.1) is 18.0 Å². The largest absolute Gasteiger partial charge is 0.387 e. The van der Waals surface area contributed by atoms with Gasteiger partial charge >= 0.3 is 0 Å². The molecule has 1 aromatic rings. The molecule has 0 aliphatic carbocycles. The van der Waals surface area contributed by atoms with Crippen LogP contribution in [0.4, 0.5) is 0 Å². The number of thioether (sulfide) groups is 1. The lowest BCUT2D eigenvalue weighted by atomic mass is 9.94. The Bertz CT molecular complexity index is 288. The van der Waals surface area contributed by atoms with Gasteiger partial charge < -0.3 is 5.11 Å². The number of rotatable bonds is 3. The standard InChI is InChI=1S/C11H16N2OS/c14-11(10-8-12-3-4-13-10)7-9-1-5-15-6-2-9/h3-4,8-9,11,14H,1-2,5-7H2. The van der Waals surface area contributed by atoms with Crippen LogP contribution >= 0.6 is 11.8 Å². The summed E-state index contributed by atoms with van der Waals surface area (Å²) in [5.74, 6) is 3.12. The molecular weight excluding hydrogens is 208 g/mol. The summed E-state index contributed by atoms with van der Waals surface area (Å²) in [6, 6.07) is 0. The van der Waals surface area contributed by atoms with Gasteiger partial charge in [0.1, 0.15) is 0 Å². The highest BCUT2D eigenvalue weighted by atomic mass is 32.2. The zero-order chi connectivity index (χ0) is 10.5. The Morgan fingerprint density at radius 2 is 2.20 bits per heavy atom. The molecule has 0 bridgehead atoms. The van der Waals surface area contributed by atoms with E-state index < -0.39 is 6.10 Å². The van der Waals surface area contributed by atoms with Gasteiger partial charge in [-0.2, -0.15) is 11.8 Å². The van der Waals surface area contributed by atoms with Crippen LogP contribution in [0, 0.1) is 5.92 Å². The van der Waals surface area contributed by atoms with Gasteiger partial charge in [0.15, 0.2) is 0 Å². The SMILES string of the molecule is OC(CC1CCSCC1)c1cnccn1. The van der Waals surface area contributed by atoms with Crippen LogP contribution in [0.5, 0.6) is 0 Å². The van der Waals surface area contributed by atoms with Crippen LogP contribution in [-0.4, -0.2) is 26.6 Å². The van der Waals surface area contributed by atoms with Gasteiger partial charge in [-0.25, -0.2) is 0 Å². The molecule has 82 valence electrons. The Kier molecular flexibility index (Phi) is 3.97. The van der Waals surface area contributed by atoms with E-state index in [1.165, 1.54) is 24.3 Å². The number of aliphatic hydroxyl groups excluding tert-OH is 1. The molecule has 1 saturated heterocycles. The van der Waals surface area contributed by atoms with E-state index in [1.807, 2.05) is 11.8 Å². The van der Waals surface area contributed by atoms with Crippen molar-refractivity contribution in [1.29, 1.82) is 0 Å². The molecule has 0 saturated carbocycles. The zero-order valence-electron chi connectivity index (χ0n) is 8.67. The molecule has 1 atom stereocenters. The average Bonchev–Trinajstić information content (AvgIpc) is 2.31. The van der Waals surface area contributed by atoms with Crippen molar-refractivity contribution in [3.63, 3.8) is 0 Å². The van der Waals surface area contributed by atoms with Crippen LogP contribution < -0.4 is 0 Å². The zero-order valence-corrected chi connectivity index (χ0v) is 9.49. The maximum atomic E-state index is 9.96. The maximum absolute atomic E-state index is 9.96. The molecule has 0 spiro atoms. The van der Waals surface area contributed by atoms with Gasteiger partial charge in [0.25, 0.3) is 0 Å². The minimum Gasteiger partial charge on any atom is -0.387 e. The molecule has 1 aliphatic rings. The van der Waals surface area contributed by atoms with E-state index in [4.69, 9.17) is 0 Å². The highest BCUT2D eigenvalue weighted by Crippen LogP contribution is 2.29. The van der Waals surface area contributed by atoms with Crippen molar-refractivity contribution in [2.24, 2.45) is 5.92 Å². The minimum absolute atomic E-state index is 0.438. The predicted molar refractivity (Wildman–Crippen MR) is 61.7 cm³/mol. The first kappa shape index (κ1) is 10.9. The molecule has 4 heteroatoms. The third kappa shape index (κ3) is 3.18. The fourth-order valence-corrected chi connectivity index (χ4v) is 3.11. The van der Waals surface area contributed by atoms with Crippen molar-refractivity contribution < 1.29 is 5.11 Å². The molecule has 1 unspecified atom stereocenters. The van der Waals surface area contributed by atoms with Crippen molar-refractivity contribution in [1.82, 2.24) is 9.97 Å². The summed E-state index contributed by atoms with van der Waals surface area (Å²) in [5.41, 5.74) is 0.704. The minimum atomic E-state index is -0.438. The van der Waals surface area contributed by atoms with Crippen LogP contribution in [0.15, 0.2) is 18.6 Å². The molecule has 0 amide bonds. The fraction of sp³-hybridized carbons (Fsp3) is 0.636. The predicted octanol–water partition coefficient (Wildman–Crippen LogP) is 2.04. The van der Waals surface area contributed by atoms with Gasteiger partial charge in [0.2, 0.25) is 0 Å². The molecule has 1 aliphatic heterocycles. The lowest BCUT2D eigenvalue weighted by Crippen LogP contribution is -2.14. The first-order valence-electron chi connectivity index (χ1n) is 5.38. The lowest BCUT2D eigenvalue weighted by Gasteiger charge is -2.23. The van der Waals surface area contributed by atoms with E-state index in [0.717, 1.165) is 6.42 Å². The summed E-state index contributed by atoms with van der Waals surface area (Å²) in [4.78, 5) is 8.10. The maximum Gasteiger partial charge on any atom is 0.0978 e. The smallest absolute Gasteiger partial charge is 0.0978 e. The van der Waals surface area contributed by atoms with Crippen molar-refractivity contribution >= 4 is 11.8 Å². The number of aliphatic hydroxyl groups is 1. The van der Waals surface area contributed by atoms with Crippen molar-refractivity contribution in [3.05, 3.63) is 24.3 Å². The molecule has 2 rings (SSSR count). The summed E-state index contributed by atoms with van der Waals surface area (Å²) in [7, 11) is 0. The number of aromatic nitrogens is 2. The van der Waals surface area contributed by atoms with E-state index in [2.05, 4.69) is 9.97 Å². The van der Waals surface area contributed by atoms with Gasteiger partial charge in [-0.3, -0.25) is 9.97 Å². The van der Waals surface area contributed by atoms with Crippen molar-refractivity contribution in [2.45, 2.75) is 25.4 Å². The molecule has 15 heavy (non-hydrogen) atoms. The molecule has 3 nitrogen and oxygen atoms in total. The van der Waals surface area contributed by atoms with E-state index in [1.54, 1.807) is 18.6 Å².